The zero-order valence-electron chi connectivity index (χ0n) is 14.5. The average molecular weight is 461 g/mol. The third-order valence-electron chi connectivity index (χ3n) is 3.91. The highest BCUT2D eigenvalue weighted by atomic mass is 79.9. The minimum absolute atomic E-state index is 0.335. The number of amides is 2. The predicted octanol–water partition coefficient (Wildman–Crippen LogP) is 3.95. The van der Waals surface area contributed by atoms with E-state index in [4.69, 9.17) is 10.9 Å². The third kappa shape index (κ3) is 4.50. The molecule has 28 heavy (non-hydrogen) atoms. The van der Waals surface area contributed by atoms with E-state index in [1.54, 1.807) is 36.4 Å². The van der Waals surface area contributed by atoms with E-state index in [-0.39, 0.29) is 0 Å². The van der Waals surface area contributed by atoms with Crippen LogP contribution >= 0.6 is 15.9 Å². The molecule has 9 heteroatoms. The van der Waals surface area contributed by atoms with Crippen molar-refractivity contribution in [3.63, 3.8) is 0 Å². The maximum atomic E-state index is 12.3. The molecule has 0 atom stereocenters. The lowest BCUT2D eigenvalue weighted by molar-refractivity contribution is 0.256. The van der Waals surface area contributed by atoms with Crippen molar-refractivity contribution < 1.29 is 13.2 Å². The van der Waals surface area contributed by atoms with Gasteiger partial charge in [-0.2, -0.15) is 8.42 Å². The normalized spacial score (nSPS) is 11.1. The highest BCUT2D eigenvalue weighted by Gasteiger charge is 2.20. The molecule has 0 aliphatic rings. The predicted molar refractivity (Wildman–Crippen MR) is 114 cm³/mol. The number of primary amides is 1. The van der Waals surface area contributed by atoms with Gasteiger partial charge in [-0.1, -0.05) is 42.5 Å². The van der Waals surface area contributed by atoms with Crippen molar-refractivity contribution in [2.45, 2.75) is 0 Å². The molecule has 0 fully saturated rings. The number of nitrogens with one attached hydrogen (secondary N) is 1. The van der Waals surface area contributed by atoms with Crippen LogP contribution in [0.15, 0.2) is 77.3 Å². The Labute approximate surface area is 171 Å². The fourth-order valence-electron chi connectivity index (χ4n) is 2.80. The summed E-state index contributed by atoms with van der Waals surface area (Å²) in [6, 6.07) is 20.5. The molecule has 7 nitrogen and oxygen atoms in total. The summed E-state index contributed by atoms with van der Waals surface area (Å²) in [6.07, 6.45) is 0. The van der Waals surface area contributed by atoms with Gasteiger partial charge in [0.15, 0.2) is 0 Å². The third-order valence-corrected chi connectivity index (χ3v) is 5.11. The van der Waals surface area contributed by atoms with E-state index < -0.39 is 16.2 Å². The summed E-state index contributed by atoms with van der Waals surface area (Å²) in [4.78, 5) is 13.7. The zero-order chi connectivity index (χ0) is 20.3. The Hall–Kier alpha value is -2.88. The zero-order valence-corrected chi connectivity index (χ0v) is 16.9. The number of urea groups is 1. The van der Waals surface area contributed by atoms with Gasteiger partial charge in [0.05, 0.1) is 11.4 Å². The minimum Gasteiger partial charge on any atom is -0.351 e. The molecule has 0 aromatic heterocycles. The fraction of sp³-hybridized carbons (Fsp3) is 0. The Balaban J connectivity index is 2.08. The number of carbonyl (C=O) groups excluding carboxylic acids is 1. The second kappa shape index (κ2) is 8.01. The molecule has 144 valence electrons. The van der Waals surface area contributed by atoms with Crippen molar-refractivity contribution in [1.29, 1.82) is 0 Å². The Bertz CT molecular complexity index is 1120. The topological polar surface area (TPSA) is 119 Å². The van der Waals surface area contributed by atoms with Crippen LogP contribution in [0.3, 0.4) is 0 Å². The number of nitrogens with zero attached hydrogens (tertiary/aromatic N) is 1. The van der Waals surface area contributed by atoms with Crippen LogP contribution in [0.5, 0.6) is 0 Å². The maximum Gasteiger partial charge on any atom is 0.323 e. The molecule has 0 radical (unpaired) electrons. The van der Waals surface area contributed by atoms with Gasteiger partial charge in [0.2, 0.25) is 0 Å². The van der Waals surface area contributed by atoms with E-state index in [0.717, 1.165) is 15.6 Å². The number of para-hydroxylation sites is 2. The van der Waals surface area contributed by atoms with Crippen LogP contribution in [0.2, 0.25) is 0 Å². The lowest BCUT2D eigenvalue weighted by Crippen LogP contribution is -2.32. The molecular weight excluding hydrogens is 444 g/mol. The SMILES string of the molecule is NC(=O)N(c1ccccc1Br)c1ccccc1-c1ccc(NS(N)(=O)=O)cc1. The first-order valence-corrected chi connectivity index (χ1v) is 10.4. The summed E-state index contributed by atoms with van der Waals surface area (Å²) < 4.78 is 25.3. The number of carbonyl (C=O) groups is 1. The molecule has 2 amide bonds. The molecule has 0 spiro atoms. The quantitative estimate of drug-likeness (QED) is 0.534. The molecule has 3 rings (SSSR count). The second-order valence-corrected chi connectivity index (χ2v) is 8.02. The van der Waals surface area contributed by atoms with Gasteiger partial charge in [-0.15, -0.1) is 0 Å². The molecule has 3 aromatic carbocycles. The Morgan fingerprint density at radius 2 is 1.46 bits per heavy atom. The highest BCUT2D eigenvalue weighted by molar-refractivity contribution is 9.10. The van der Waals surface area contributed by atoms with Gasteiger partial charge in [0.1, 0.15) is 0 Å². The number of nitrogens with two attached hydrogens (primary N) is 2. The van der Waals surface area contributed by atoms with Gasteiger partial charge in [0, 0.05) is 15.7 Å². The van der Waals surface area contributed by atoms with E-state index in [9.17, 15) is 13.2 Å². The van der Waals surface area contributed by atoms with Crippen molar-refractivity contribution in [3.05, 3.63) is 77.3 Å². The second-order valence-electron chi connectivity index (χ2n) is 5.87. The van der Waals surface area contributed by atoms with Crippen LogP contribution in [0.4, 0.5) is 21.9 Å². The maximum absolute atomic E-state index is 12.3. The molecule has 5 N–H and O–H groups in total. The largest absolute Gasteiger partial charge is 0.351 e. The van der Waals surface area contributed by atoms with Crippen LogP contribution in [0.1, 0.15) is 0 Å². The number of halogens is 1. The highest BCUT2D eigenvalue weighted by Crippen LogP contribution is 2.38. The van der Waals surface area contributed by atoms with E-state index in [1.807, 2.05) is 36.4 Å². The fourth-order valence-corrected chi connectivity index (χ4v) is 3.72. The molecule has 3 aromatic rings. The summed E-state index contributed by atoms with van der Waals surface area (Å²) in [5, 5.41) is 4.99. The number of rotatable bonds is 5. The van der Waals surface area contributed by atoms with Crippen LogP contribution < -0.4 is 20.5 Å². The molecule has 0 unspecified atom stereocenters. The number of anilines is 3. The molecular formula is C19H17BrN4O3S. The molecule has 0 saturated heterocycles. The van der Waals surface area contributed by atoms with Gasteiger partial charge >= 0.3 is 6.03 Å². The van der Waals surface area contributed by atoms with E-state index in [2.05, 4.69) is 20.7 Å². The Morgan fingerprint density at radius 1 is 0.893 bits per heavy atom. The minimum atomic E-state index is -3.85. The lowest BCUT2D eigenvalue weighted by atomic mass is 10.0. The molecule has 0 aliphatic heterocycles. The molecule has 0 heterocycles. The Morgan fingerprint density at radius 3 is 2.04 bits per heavy atom. The van der Waals surface area contributed by atoms with Crippen molar-refractivity contribution in [3.8, 4) is 11.1 Å². The number of hydrogen-bond donors (Lipinski definition) is 3. The standard InChI is InChI=1S/C19H17BrN4O3S/c20-16-6-2-4-8-18(16)24(19(21)25)17-7-3-1-5-15(17)13-9-11-14(12-10-13)23-28(22,26)27/h1-12,23H,(H2,21,25)(H2,22,26,27). The van der Waals surface area contributed by atoms with Crippen LogP contribution in [0.25, 0.3) is 11.1 Å². The Kier molecular flexibility index (Phi) is 5.68. The van der Waals surface area contributed by atoms with Gasteiger partial charge in [0.25, 0.3) is 10.2 Å². The first-order valence-electron chi connectivity index (χ1n) is 8.10. The van der Waals surface area contributed by atoms with Gasteiger partial charge in [-0.3, -0.25) is 9.62 Å². The lowest BCUT2D eigenvalue weighted by Gasteiger charge is -2.24. The molecule has 0 saturated carbocycles. The first kappa shape index (κ1) is 19.9. The first-order chi connectivity index (χ1) is 13.3. The summed E-state index contributed by atoms with van der Waals surface area (Å²) in [5.41, 5.74) is 8.74. The van der Waals surface area contributed by atoms with Gasteiger partial charge in [-0.05, 0) is 51.8 Å². The molecule has 0 bridgehead atoms. The van der Waals surface area contributed by atoms with Crippen LogP contribution in [-0.4, -0.2) is 14.4 Å². The van der Waals surface area contributed by atoms with Crippen molar-refractivity contribution in [2.24, 2.45) is 10.9 Å². The van der Waals surface area contributed by atoms with E-state index in [1.165, 1.54) is 4.90 Å². The smallest absolute Gasteiger partial charge is 0.323 e. The monoisotopic (exact) mass is 460 g/mol. The van der Waals surface area contributed by atoms with Gasteiger partial charge in [-0.25, -0.2) is 9.93 Å². The van der Waals surface area contributed by atoms with E-state index in [0.29, 0.717) is 17.1 Å². The van der Waals surface area contributed by atoms with Crippen LogP contribution in [-0.2, 0) is 10.2 Å². The van der Waals surface area contributed by atoms with Crippen molar-refractivity contribution in [2.75, 3.05) is 9.62 Å². The van der Waals surface area contributed by atoms with Crippen molar-refractivity contribution >= 4 is 49.2 Å². The summed E-state index contributed by atoms with van der Waals surface area (Å²) in [5.74, 6) is 0. The van der Waals surface area contributed by atoms with Crippen LogP contribution in [0, 0.1) is 0 Å². The van der Waals surface area contributed by atoms with Crippen molar-refractivity contribution in [1.82, 2.24) is 0 Å². The number of hydrogen-bond acceptors (Lipinski definition) is 3. The number of benzene rings is 3. The average Bonchev–Trinajstić information content (AvgIpc) is 2.63. The summed E-state index contributed by atoms with van der Waals surface area (Å²) in [7, 11) is -3.85. The van der Waals surface area contributed by atoms with Gasteiger partial charge < -0.3 is 5.73 Å². The summed E-state index contributed by atoms with van der Waals surface area (Å²) in [6.45, 7) is 0. The van der Waals surface area contributed by atoms with E-state index >= 15 is 0 Å². The summed E-state index contributed by atoms with van der Waals surface area (Å²) >= 11 is 3.45. The molecule has 0 aliphatic carbocycles.